The number of anilines is 1. The summed E-state index contributed by atoms with van der Waals surface area (Å²) in [5, 5.41) is 6.91. The van der Waals surface area contributed by atoms with Crippen molar-refractivity contribution in [2.45, 2.75) is 12.5 Å². The normalized spacial score (nSPS) is 16.8. The van der Waals surface area contributed by atoms with Crippen LogP contribution in [0.5, 0.6) is 0 Å². The van der Waals surface area contributed by atoms with Crippen molar-refractivity contribution in [2.24, 2.45) is 5.10 Å². The van der Waals surface area contributed by atoms with Gasteiger partial charge in [-0.3, -0.25) is 5.01 Å². The summed E-state index contributed by atoms with van der Waals surface area (Å²) in [6.07, 6.45) is 0.783. The Morgan fingerprint density at radius 2 is 1.56 bits per heavy atom. The Hall–Kier alpha value is -2.46. The summed E-state index contributed by atoms with van der Waals surface area (Å²) in [4.78, 5) is 0. The minimum Gasteiger partial charge on any atom is -0.257 e. The fourth-order valence-electron chi connectivity index (χ4n) is 3.09. The minimum atomic E-state index is -0.230. The van der Waals surface area contributed by atoms with Crippen LogP contribution < -0.4 is 5.01 Å². The summed E-state index contributed by atoms with van der Waals surface area (Å²) in [5.74, 6) is -0.230. The molecular formula is C21H16BrFN2. The molecule has 0 N–H and O–H groups in total. The van der Waals surface area contributed by atoms with E-state index < -0.39 is 0 Å². The maximum absolute atomic E-state index is 13.2. The Morgan fingerprint density at radius 3 is 2.24 bits per heavy atom. The standard InChI is InChI=1S/C21H16BrFN2/c22-17-8-12-19(13-9-17)25-21(16-4-2-1-3-5-16)14-20(24-25)15-6-10-18(23)11-7-15/h1-13,21H,14H2. The third-order valence-corrected chi connectivity index (χ3v) is 4.89. The van der Waals surface area contributed by atoms with E-state index in [0.29, 0.717) is 0 Å². The van der Waals surface area contributed by atoms with E-state index in [1.807, 2.05) is 30.3 Å². The largest absolute Gasteiger partial charge is 0.257 e. The maximum atomic E-state index is 13.2. The second-order valence-corrected chi connectivity index (χ2v) is 6.92. The van der Waals surface area contributed by atoms with E-state index in [1.54, 1.807) is 12.1 Å². The minimum absolute atomic E-state index is 0.127. The van der Waals surface area contributed by atoms with Gasteiger partial charge in [-0.2, -0.15) is 5.10 Å². The monoisotopic (exact) mass is 394 g/mol. The molecule has 1 atom stereocenters. The molecule has 0 saturated carbocycles. The van der Waals surface area contributed by atoms with Gasteiger partial charge in [-0.1, -0.05) is 58.4 Å². The molecule has 0 spiro atoms. The third-order valence-electron chi connectivity index (χ3n) is 4.36. The molecule has 0 radical (unpaired) electrons. The summed E-state index contributed by atoms with van der Waals surface area (Å²) in [7, 11) is 0. The first-order valence-electron chi connectivity index (χ1n) is 8.14. The number of halogens is 2. The molecule has 0 aliphatic carbocycles. The Labute approximate surface area is 154 Å². The highest BCUT2D eigenvalue weighted by Gasteiger charge is 2.29. The molecule has 2 nitrogen and oxygen atoms in total. The third kappa shape index (κ3) is 3.35. The van der Waals surface area contributed by atoms with Gasteiger partial charge in [-0.25, -0.2) is 4.39 Å². The Morgan fingerprint density at radius 1 is 0.880 bits per heavy atom. The molecule has 0 aromatic heterocycles. The predicted octanol–water partition coefficient (Wildman–Crippen LogP) is 5.94. The van der Waals surface area contributed by atoms with Crippen molar-refractivity contribution in [1.82, 2.24) is 0 Å². The van der Waals surface area contributed by atoms with Crippen molar-refractivity contribution in [3.63, 3.8) is 0 Å². The van der Waals surface area contributed by atoms with Gasteiger partial charge < -0.3 is 0 Å². The van der Waals surface area contributed by atoms with Crippen molar-refractivity contribution < 1.29 is 4.39 Å². The Kier molecular flexibility index (Phi) is 4.36. The van der Waals surface area contributed by atoms with Gasteiger partial charge in [0, 0.05) is 10.9 Å². The van der Waals surface area contributed by atoms with Crippen LogP contribution in [0.2, 0.25) is 0 Å². The van der Waals surface area contributed by atoms with Gasteiger partial charge in [0.25, 0.3) is 0 Å². The van der Waals surface area contributed by atoms with Gasteiger partial charge in [0.2, 0.25) is 0 Å². The molecular weight excluding hydrogens is 379 g/mol. The predicted molar refractivity (Wildman–Crippen MR) is 103 cm³/mol. The van der Waals surface area contributed by atoms with E-state index in [0.717, 1.165) is 27.9 Å². The smallest absolute Gasteiger partial charge is 0.123 e. The first kappa shape index (κ1) is 16.0. The molecule has 3 aromatic rings. The summed E-state index contributed by atoms with van der Waals surface area (Å²) < 4.78 is 14.3. The average Bonchev–Trinajstić information content (AvgIpc) is 3.09. The molecule has 1 heterocycles. The van der Waals surface area contributed by atoms with Gasteiger partial charge >= 0.3 is 0 Å². The topological polar surface area (TPSA) is 15.6 Å². The zero-order valence-corrected chi connectivity index (χ0v) is 15.0. The maximum Gasteiger partial charge on any atom is 0.123 e. The van der Waals surface area contributed by atoms with Gasteiger partial charge in [0.15, 0.2) is 0 Å². The van der Waals surface area contributed by atoms with E-state index in [4.69, 9.17) is 5.10 Å². The Balaban J connectivity index is 1.74. The molecule has 0 bridgehead atoms. The van der Waals surface area contributed by atoms with Crippen molar-refractivity contribution in [3.05, 3.63) is 100 Å². The number of nitrogens with zero attached hydrogens (tertiary/aromatic N) is 2. The van der Waals surface area contributed by atoms with Gasteiger partial charge in [0.05, 0.1) is 17.4 Å². The number of hydrogen-bond acceptors (Lipinski definition) is 2. The summed E-state index contributed by atoms with van der Waals surface area (Å²) in [5.41, 5.74) is 4.18. The van der Waals surface area contributed by atoms with Crippen LogP contribution in [0.3, 0.4) is 0 Å². The number of rotatable bonds is 3. The van der Waals surface area contributed by atoms with Crippen LogP contribution in [0.1, 0.15) is 23.6 Å². The highest BCUT2D eigenvalue weighted by Crippen LogP contribution is 2.36. The lowest BCUT2D eigenvalue weighted by molar-refractivity contribution is 0.627. The second-order valence-electron chi connectivity index (χ2n) is 6.01. The number of hydrogen-bond donors (Lipinski definition) is 0. The molecule has 0 saturated heterocycles. The second kappa shape index (κ2) is 6.81. The molecule has 4 rings (SSSR count). The summed E-state index contributed by atoms with van der Waals surface area (Å²) in [6.45, 7) is 0. The van der Waals surface area contributed by atoms with E-state index in [9.17, 15) is 4.39 Å². The van der Waals surface area contributed by atoms with Crippen molar-refractivity contribution in [3.8, 4) is 0 Å². The van der Waals surface area contributed by atoms with E-state index >= 15 is 0 Å². The van der Waals surface area contributed by atoms with Gasteiger partial charge in [-0.15, -0.1) is 0 Å². The van der Waals surface area contributed by atoms with Gasteiger partial charge in [0.1, 0.15) is 5.82 Å². The summed E-state index contributed by atoms with van der Waals surface area (Å²) >= 11 is 3.48. The molecule has 4 heteroatoms. The lowest BCUT2D eigenvalue weighted by atomic mass is 9.98. The highest BCUT2D eigenvalue weighted by atomic mass is 79.9. The van der Waals surface area contributed by atoms with E-state index in [1.165, 1.54) is 17.7 Å². The Bertz CT molecular complexity index is 889. The molecule has 0 amide bonds. The van der Waals surface area contributed by atoms with Crippen LogP contribution in [0.4, 0.5) is 10.1 Å². The first-order chi connectivity index (χ1) is 12.2. The lowest BCUT2D eigenvalue weighted by Crippen LogP contribution is -2.18. The molecule has 124 valence electrons. The molecule has 25 heavy (non-hydrogen) atoms. The van der Waals surface area contributed by atoms with Crippen LogP contribution in [0.15, 0.2) is 88.4 Å². The van der Waals surface area contributed by atoms with Crippen LogP contribution in [-0.4, -0.2) is 5.71 Å². The molecule has 1 aliphatic rings. The van der Waals surface area contributed by atoms with E-state index in [2.05, 4.69) is 45.2 Å². The zero-order valence-electron chi connectivity index (χ0n) is 13.4. The fraction of sp³-hybridized carbons (Fsp3) is 0.0952. The van der Waals surface area contributed by atoms with Crippen LogP contribution >= 0.6 is 15.9 Å². The molecule has 3 aromatic carbocycles. The van der Waals surface area contributed by atoms with Crippen molar-refractivity contribution in [1.29, 1.82) is 0 Å². The molecule has 1 unspecified atom stereocenters. The zero-order chi connectivity index (χ0) is 17.2. The van der Waals surface area contributed by atoms with E-state index in [-0.39, 0.29) is 11.9 Å². The van der Waals surface area contributed by atoms with Crippen LogP contribution in [0, 0.1) is 5.82 Å². The SMILES string of the molecule is Fc1ccc(C2=NN(c3ccc(Br)cc3)C(c3ccccc3)C2)cc1. The molecule has 1 aliphatic heterocycles. The van der Waals surface area contributed by atoms with Crippen molar-refractivity contribution >= 4 is 27.3 Å². The highest BCUT2D eigenvalue weighted by molar-refractivity contribution is 9.10. The van der Waals surface area contributed by atoms with Crippen LogP contribution in [0.25, 0.3) is 0 Å². The van der Waals surface area contributed by atoms with Crippen molar-refractivity contribution in [2.75, 3.05) is 5.01 Å². The molecule has 0 fully saturated rings. The summed E-state index contributed by atoms with van der Waals surface area (Å²) in [6, 6.07) is 25.2. The lowest BCUT2D eigenvalue weighted by Gasteiger charge is -2.24. The van der Waals surface area contributed by atoms with Gasteiger partial charge in [-0.05, 0) is 47.5 Å². The quantitative estimate of drug-likeness (QED) is 0.536. The average molecular weight is 395 g/mol. The van der Waals surface area contributed by atoms with Crippen LogP contribution in [-0.2, 0) is 0 Å². The number of benzene rings is 3. The first-order valence-corrected chi connectivity index (χ1v) is 8.93. The fourth-order valence-corrected chi connectivity index (χ4v) is 3.36. The number of hydrazone groups is 1.